The molecule has 52 heavy (non-hydrogen) atoms. The summed E-state index contributed by atoms with van der Waals surface area (Å²) in [7, 11) is -5.03. The Hall–Kier alpha value is -4.52. The van der Waals surface area contributed by atoms with Crippen molar-refractivity contribution in [2.24, 2.45) is 15.9 Å². The lowest BCUT2D eigenvalue weighted by atomic mass is 9.93. The first-order valence-electron chi connectivity index (χ1n) is 15.9. The van der Waals surface area contributed by atoms with E-state index in [0.717, 1.165) is 39.8 Å². The van der Waals surface area contributed by atoms with Crippen molar-refractivity contribution in [3.8, 4) is 5.75 Å². The van der Waals surface area contributed by atoms with Gasteiger partial charge in [0.1, 0.15) is 24.2 Å². The van der Waals surface area contributed by atoms with Gasteiger partial charge in [0.05, 0.1) is 18.8 Å². The maximum atomic E-state index is 13.7. The summed E-state index contributed by atoms with van der Waals surface area (Å²) < 4.78 is 75.7. The molecule has 1 aromatic rings. The van der Waals surface area contributed by atoms with Gasteiger partial charge in [0.25, 0.3) is 5.91 Å². The highest BCUT2D eigenvalue weighted by Gasteiger charge is 2.53. The molecule has 1 fully saturated rings. The molecule has 1 saturated heterocycles. The molecule has 1 aliphatic heterocycles. The highest BCUT2D eigenvalue weighted by Crippen LogP contribution is 2.33. The topological polar surface area (TPSA) is 245 Å². The molecule has 18 nitrogen and oxygen atoms in total. The number of hydrogen-bond acceptors (Lipinski definition) is 15. The van der Waals surface area contributed by atoms with Crippen LogP contribution in [0.4, 0.5) is 3.89 Å². The molecule has 0 radical (unpaired) electrons. The summed E-state index contributed by atoms with van der Waals surface area (Å²) in [5, 5.41) is 6.30. The van der Waals surface area contributed by atoms with E-state index in [1.54, 1.807) is 13.8 Å². The molecule has 0 aliphatic carbocycles. The largest absolute Gasteiger partial charge is 0.463 e. The fourth-order valence-corrected chi connectivity index (χ4v) is 5.47. The highest BCUT2D eigenvalue weighted by atomic mass is 32.3. The zero-order valence-electron chi connectivity index (χ0n) is 30.2. The molecule has 1 aliphatic rings. The van der Waals surface area contributed by atoms with Crippen molar-refractivity contribution in [2.75, 3.05) is 32.9 Å². The van der Waals surface area contributed by atoms with E-state index in [2.05, 4.69) is 15.3 Å². The average molecular weight is 761 g/mol. The number of halogens is 1. The maximum absolute atomic E-state index is 13.7. The SMILES string of the molecule is CC(=O)OC[C@H]1O[C@@H](Oc2ccc(CS(=O)(=O)F)cc2C(=O)NCC(C)(C)COCC(C)(C)CN=[N+]=[N-])[C@H](OC(C)=O)[C@@H](OC(C)=O)[C@H]1OC(C)=O. The van der Waals surface area contributed by atoms with Crippen LogP contribution in [0, 0.1) is 10.8 Å². The third-order valence-corrected chi connectivity index (χ3v) is 7.77. The van der Waals surface area contributed by atoms with E-state index < -0.39 is 93.9 Å². The molecule has 2 rings (SSSR count). The quantitative estimate of drug-likeness (QED) is 0.0565. The van der Waals surface area contributed by atoms with Gasteiger partial charge in [-0.25, -0.2) is 0 Å². The summed E-state index contributed by atoms with van der Waals surface area (Å²) >= 11 is 0. The van der Waals surface area contributed by atoms with Crippen molar-refractivity contribution in [3.05, 3.63) is 39.8 Å². The number of rotatable bonds is 18. The molecule has 1 amide bonds. The minimum atomic E-state index is -5.03. The standard InChI is InChI=1S/C32H45FN4O14S/c1-18(38)46-12-25-26(47-19(2)39)27(48-20(3)40)28(49-21(4)41)30(51-25)50-24-10-9-22(13-52(33,43)44)11-23(24)29(42)35-14-31(5,6)16-45-17-32(7,8)15-36-37-34/h9-11,25-28,30H,12-17H2,1-8H3,(H,35,42)/t25-,26+,27+,28-,30-/m1/s1. The summed E-state index contributed by atoms with van der Waals surface area (Å²) in [6.07, 6.45) is -7.77. The van der Waals surface area contributed by atoms with E-state index in [-0.39, 0.29) is 43.2 Å². The van der Waals surface area contributed by atoms with Gasteiger partial charge in [-0.05, 0) is 28.6 Å². The lowest BCUT2D eigenvalue weighted by Gasteiger charge is -2.44. The summed E-state index contributed by atoms with van der Waals surface area (Å²) in [5.74, 6) is -5.50. The van der Waals surface area contributed by atoms with Gasteiger partial charge in [0.2, 0.25) is 12.4 Å². The van der Waals surface area contributed by atoms with Crippen LogP contribution < -0.4 is 10.1 Å². The van der Waals surface area contributed by atoms with E-state index in [1.165, 1.54) is 6.07 Å². The number of esters is 4. The molecule has 0 aromatic heterocycles. The second kappa shape index (κ2) is 18.8. The van der Waals surface area contributed by atoms with Crippen LogP contribution in [0.25, 0.3) is 10.4 Å². The fourth-order valence-electron chi connectivity index (χ4n) is 4.89. The molecule has 1 N–H and O–H groups in total. The second-order valence-electron chi connectivity index (χ2n) is 13.6. The molecule has 1 aromatic carbocycles. The molecule has 0 bridgehead atoms. The van der Waals surface area contributed by atoms with Gasteiger partial charge in [-0.3, -0.25) is 24.0 Å². The molecule has 0 unspecified atom stereocenters. The van der Waals surface area contributed by atoms with E-state index in [4.69, 9.17) is 38.7 Å². The Morgan fingerprint density at radius 3 is 2.04 bits per heavy atom. The average Bonchev–Trinajstić information content (AvgIpc) is 3.00. The number of hydrogen-bond donors (Lipinski definition) is 1. The van der Waals surface area contributed by atoms with E-state index >= 15 is 0 Å². The Labute approximate surface area is 300 Å². The van der Waals surface area contributed by atoms with Gasteiger partial charge < -0.3 is 38.5 Å². The number of benzene rings is 1. The predicted molar refractivity (Wildman–Crippen MR) is 177 cm³/mol. The monoisotopic (exact) mass is 760 g/mol. The predicted octanol–water partition coefficient (Wildman–Crippen LogP) is 3.06. The number of carbonyl (C=O) groups is 5. The highest BCUT2D eigenvalue weighted by molar-refractivity contribution is 7.85. The van der Waals surface area contributed by atoms with Gasteiger partial charge in [0, 0.05) is 51.1 Å². The third-order valence-electron chi connectivity index (χ3n) is 7.09. The van der Waals surface area contributed by atoms with Crippen LogP contribution in [0.3, 0.4) is 0 Å². The van der Waals surface area contributed by atoms with Gasteiger partial charge >= 0.3 is 34.1 Å². The molecular formula is C32H45FN4O14S. The Balaban J connectivity index is 2.51. The first-order valence-corrected chi connectivity index (χ1v) is 17.5. The smallest absolute Gasteiger partial charge is 0.306 e. The molecule has 0 spiro atoms. The lowest BCUT2D eigenvalue weighted by molar-refractivity contribution is -0.288. The van der Waals surface area contributed by atoms with Crippen molar-refractivity contribution in [2.45, 2.75) is 91.8 Å². The number of nitrogens with one attached hydrogen (secondary N) is 1. The summed E-state index contributed by atoms with van der Waals surface area (Å²) in [6, 6.07) is 3.41. The maximum Gasteiger partial charge on any atom is 0.306 e. The van der Waals surface area contributed by atoms with Gasteiger partial charge in [-0.2, -0.15) is 8.42 Å². The summed E-state index contributed by atoms with van der Waals surface area (Å²) in [4.78, 5) is 64.6. The minimum Gasteiger partial charge on any atom is -0.463 e. The van der Waals surface area contributed by atoms with Crippen molar-refractivity contribution >= 4 is 40.0 Å². The Bertz CT molecular complexity index is 1630. The molecule has 20 heteroatoms. The van der Waals surface area contributed by atoms with Crippen LogP contribution in [0.5, 0.6) is 5.75 Å². The van der Waals surface area contributed by atoms with Crippen LogP contribution >= 0.6 is 0 Å². The zero-order valence-corrected chi connectivity index (χ0v) is 31.0. The number of amides is 1. The zero-order chi connectivity index (χ0) is 39.4. The summed E-state index contributed by atoms with van der Waals surface area (Å²) in [6.45, 7) is 11.6. The number of carbonyl (C=O) groups excluding carboxylic acids is 5. The van der Waals surface area contributed by atoms with Gasteiger partial charge in [-0.15, -0.1) is 3.89 Å². The number of nitrogens with zero attached hydrogens (tertiary/aromatic N) is 3. The minimum absolute atomic E-state index is 0.0206. The van der Waals surface area contributed by atoms with Crippen LogP contribution in [0.1, 0.15) is 71.3 Å². The second-order valence-corrected chi connectivity index (χ2v) is 15.0. The Morgan fingerprint density at radius 2 is 1.48 bits per heavy atom. The van der Waals surface area contributed by atoms with Gasteiger partial charge in [0.15, 0.2) is 12.2 Å². The summed E-state index contributed by atoms with van der Waals surface area (Å²) in [5.41, 5.74) is 7.08. The fraction of sp³-hybridized carbons (Fsp3) is 0.656. The number of azide groups is 1. The van der Waals surface area contributed by atoms with Crippen molar-refractivity contribution < 1.29 is 69.4 Å². The van der Waals surface area contributed by atoms with Crippen molar-refractivity contribution in [3.63, 3.8) is 0 Å². The normalized spacial score (nSPS) is 20.4. The third kappa shape index (κ3) is 15.0. The van der Waals surface area contributed by atoms with Crippen molar-refractivity contribution in [1.29, 1.82) is 0 Å². The van der Waals surface area contributed by atoms with Crippen LogP contribution in [0.2, 0.25) is 0 Å². The lowest BCUT2D eigenvalue weighted by Crippen LogP contribution is -2.63. The number of ether oxygens (including phenoxy) is 7. The molecular weight excluding hydrogens is 715 g/mol. The van der Waals surface area contributed by atoms with Crippen LogP contribution in [0.15, 0.2) is 23.3 Å². The van der Waals surface area contributed by atoms with Crippen molar-refractivity contribution in [1.82, 2.24) is 5.32 Å². The van der Waals surface area contributed by atoms with Gasteiger partial charge in [-0.1, -0.05) is 38.9 Å². The molecule has 290 valence electrons. The van der Waals surface area contributed by atoms with E-state index in [9.17, 15) is 36.3 Å². The first kappa shape index (κ1) is 43.6. The Morgan fingerprint density at radius 1 is 0.904 bits per heavy atom. The van der Waals surface area contributed by atoms with Crippen LogP contribution in [-0.4, -0.2) is 102 Å². The Kier molecular flexibility index (Phi) is 15.8. The van der Waals surface area contributed by atoms with E-state index in [1.807, 2.05) is 13.8 Å². The van der Waals surface area contributed by atoms with E-state index in [0.29, 0.717) is 0 Å². The first-order chi connectivity index (χ1) is 24.0. The molecule has 5 atom stereocenters. The molecule has 1 heterocycles. The van der Waals surface area contributed by atoms with Crippen LogP contribution in [-0.2, 0) is 63.6 Å². The molecule has 0 saturated carbocycles.